The van der Waals surface area contributed by atoms with Gasteiger partial charge in [-0.05, 0) is 62.9 Å². The molecule has 2 aliphatic heterocycles. The van der Waals surface area contributed by atoms with Crippen molar-refractivity contribution in [2.75, 3.05) is 17.6 Å². The monoisotopic (exact) mass is 527 g/mol. The van der Waals surface area contributed by atoms with Crippen LogP contribution in [0.2, 0.25) is 0 Å². The summed E-state index contributed by atoms with van der Waals surface area (Å²) in [6.45, 7) is 3.56. The summed E-state index contributed by atoms with van der Waals surface area (Å²) in [5, 5.41) is 2.74. The van der Waals surface area contributed by atoms with Crippen LogP contribution in [0.4, 0.5) is 16.0 Å². The van der Waals surface area contributed by atoms with Crippen molar-refractivity contribution >= 4 is 29.0 Å². The Morgan fingerprint density at radius 3 is 2.67 bits per heavy atom. The van der Waals surface area contributed by atoms with Crippen molar-refractivity contribution in [3.8, 4) is 11.3 Å². The maximum absolute atomic E-state index is 14.3. The lowest BCUT2D eigenvalue weighted by Crippen LogP contribution is -2.41. The fraction of sp³-hybridized carbons (Fsp3) is 0.345. The molecule has 10 heteroatoms. The van der Waals surface area contributed by atoms with Gasteiger partial charge in [-0.1, -0.05) is 12.1 Å². The van der Waals surface area contributed by atoms with E-state index >= 15 is 0 Å². The van der Waals surface area contributed by atoms with Gasteiger partial charge in [0.25, 0.3) is 5.91 Å². The zero-order valence-corrected chi connectivity index (χ0v) is 21.9. The summed E-state index contributed by atoms with van der Waals surface area (Å²) in [7, 11) is 0. The van der Waals surface area contributed by atoms with Crippen molar-refractivity contribution in [2.24, 2.45) is 0 Å². The predicted octanol–water partition coefficient (Wildman–Crippen LogP) is 4.70. The number of hydrogen-bond acceptors (Lipinski definition) is 6. The number of carbonyl (C=O) groups is 2. The van der Waals surface area contributed by atoms with Gasteiger partial charge in [-0.2, -0.15) is 0 Å². The second kappa shape index (κ2) is 9.44. The summed E-state index contributed by atoms with van der Waals surface area (Å²) in [4.78, 5) is 40.8. The van der Waals surface area contributed by atoms with Crippen molar-refractivity contribution in [3.63, 3.8) is 0 Å². The molecule has 200 valence electrons. The average Bonchev–Trinajstić information content (AvgIpc) is 3.50. The van der Waals surface area contributed by atoms with Crippen LogP contribution in [0.15, 0.2) is 55.0 Å². The SMILES string of the molecule is CC(C)(F)c1ccnc(NC(=O)c2ccc(-c3nc(C4CCC5CCC(=O)N5C4)n4ccnc(N)c34)cc2)c1. The van der Waals surface area contributed by atoms with E-state index in [1.807, 2.05) is 27.6 Å². The number of pyridine rings is 1. The number of nitrogens with two attached hydrogens (primary N) is 1. The number of amides is 2. The number of halogens is 1. The number of imidazole rings is 1. The van der Waals surface area contributed by atoms with Crippen LogP contribution in [0.5, 0.6) is 0 Å². The second-order valence-electron chi connectivity index (χ2n) is 10.8. The molecule has 0 bridgehead atoms. The van der Waals surface area contributed by atoms with Gasteiger partial charge in [0, 0.05) is 54.6 Å². The summed E-state index contributed by atoms with van der Waals surface area (Å²) in [5.41, 5.74) is 7.80. The number of nitrogens with one attached hydrogen (secondary N) is 1. The Morgan fingerprint density at radius 1 is 1.10 bits per heavy atom. The maximum Gasteiger partial charge on any atom is 0.256 e. The van der Waals surface area contributed by atoms with Crippen LogP contribution in [0.3, 0.4) is 0 Å². The molecule has 2 amide bonds. The lowest BCUT2D eigenvalue weighted by Gasteiger charge is -2.34. The Labute approximate surface area is 225 Å². The van der Waals surface area contributed by atoms with Gasteiger partial charge in [0.15, 0.2) is 0 Å². The minimum atomic E-state index is -1.55. The molecule has 0 saturated carbocycles. The molecule has 2 saturated heterocycles. The standard InChI is InChI=1S/C29H30FN7O2/c1-29(2,30)20-11-12-32-22(15-20)34-28(39)18-5-3-17(4-6-18)24-25-26(31)33-13-14-36(25)27(35-24)19-7-8-21-9-10-23(38)37(21)16-19/h3-6,11-15,19,21H,7-10,16H2,1-2H3,(H2,31,33)(H,32,34,39). The summed E-state index contributed by atoms with van der Waals surface area (Å²) in [6, 6.07) is 10.5. The first-order valence-electron chi connectivity index (χ1n) is 13.2. The number of anilines is 2. The van der Waals surface area contributed by atoms with Gasteiger partial charge in [0.05, 0.1) is 0 Å². The number of fused-ring (bicyclic) bond motifs is 2. The Balaban J connectivity index is 1.28. The minimum Gasteiger partial charge on any atom is -0.382 e. The van der Waals surface area contributed by atoms with E-state index in [0.717, 1.165) is 30.7 Å². The topological polar surface area (TPSA) is 119 Å². The highest BCUT2D eigenvalue weighted by Gasteiger charge is 2.38. The third kappa shape index (κ3) is 4.60. The van der Waals surface area contributed by atoms with Crippen molar-refractivity contribution < 1.29 is 14.0 Å². The molecule has 4 aromatic rings. The molecule has 9 nitrogen and oxygen atoms in total. The molecule has 2 atom stereocenters. The predicted molar refractivity (Wildman–Crippen MR) is 146 cm³/mol. The highest BCUT2D eigenvalue weighted by molar-refractivity contribution is 6.04. The number of rotatable bonds is 5. The van der Waals surface area contributed by atoms with E-state index in [0.29, 0.717) is 47.2 Å². The summed E-state index contributed by atoms with van der Waals surface area (Å²) >= 11 is 0. The lowest BCUT2D eigenvalue weighted by molar-refractivity contribution is -0.130. The smallest absolute Gasteiger partial charge is 0.256 e. The molecule has 3 aromatic heterocycles. The van der Waals surface area contributed by atoms with E-state index in [1.54, 1.807) is 24.4 Å². The van der Waals surface area contributed by atoms with E-state index in [4.69, 9.17) is 10.7 Å². The number of nitrogens with zero attached hydrogens (tertiary/aromatic N) is 5. The number of piperidine rings is 1. The van der Waals surface area contributed by atoms with Crippen LogP contribution >= 0.6 is 0 Å². The first-order valence-corrected chi connectivity index (χ1v) is 13.2. The molecule has 2 fully saturated rings. The lowest BCUT2D eigenvalue weighted by atomic mass is 9.92. The minimum absolute atomic E-state index is 0.0916. The number of benzene rings is 1. The fourth-order valence-electron chi connectivity index (χ4n) is 5.69. The Kier molecular flexibility index (Phi) is 6.05. The van der Waals surface area contributed by atoms with Crippen LogP contribution in [0.25, 0.3) is 16.8 Å². The first-order chi connectivity index (χ1) is 18.7. The van der Waals surface area contributed by atoms with Gasteiger partial charge in [-0.25, -0.2) is 19.3 Å². The molecule has 39 heavy (non-hydrogen) atoms. The number of nitrogen functional groups attached to an aromatic ring is 1. The van der Waals surface area contributed by atoms with Gasteiger partial charge in [-0.3, -0.25) is 14.0 Å². The Hall–Kier alpha value is -4.34. The molecular weight excluding hydrogens is 497 g/mol. The molecule has 6 rings (SSSR count). The number of aromatic nitrogens is 4. The molecule has 1 aromatic carbocycles. The molecule has 2 unspecified atom stereocenters. The summed E-state index contributed by atoms with van der Waals surface area (Å²) in [5.74, 6) is 1.45. The van der Waals surface area contributed by atoms with Crippen LogP contribution in [0, 0.1) is 0 Å². The zero-order valence-electron chi connectivity index (χ0n) is 21.9. The zero-order chi connectivity index (χ0) is 27.3. The second-order valence-corrected chi connectivity index (χ2v) is 10.8. The highest BCUT2D eigenvalue weighted by Crippen LogP contribution is 2.38. The number of carbonyl (C=O) groups excluding carboxylic acids is 2. The third-order valence-electron chi connectivity index (χ3n) is 7.80. The van der Waals surface area contributed by atoms with Crippen molar-refractivity contribution in [1.29, 1.82) is 0 Å². The van der Waals surface area contributed by atoms with Crippen LogP contribution in [-0.2, 0) is 10.5 Å². The molecule has 3 N–H and O–H groups in total. The van der Waals surface area contributed by atoms with Gasteiger partial charge in [0.1, 0.15) is 34.3 Å². The van der Waals surface area contributed by atoms with E-state index < -0.39 is 5.67 Å². The van der Waals surface area contributed by atoms with E-state index in [2.05, 4.69) is 15.3 Å². The number of alkyl halides is 1. The fourth-order valence-corrected chi connectivity index (χ4v) is 5.69. The third-order valence-corrected chi connectivity index (χ3v) is 7.80. The van der Waals surface area contributed by atoms with Crippen molar-refractivity contribution in [1.82, 2.24) is 24.3 Å². The summed E-state index contributed by atoms with van der Waals surface area (Å²) < 4.78 is 16.3. The highest BCUT2D eigenvalue weighted by atomic mass is 19.1. The van der Waals surface area contributed by atoms with E-state index in [1.165, 1.54) is 26.1 Å². The van der Waals surface area contributed by atoms with E-state index in [-0.39, 0.29) is 23.6 Å². The first kappa shape index (κ1) is 25.0. The molecular formula is C29H30FN7O2. The van der Waals surface area contributed by atoms with Gasteiger partial charge in [0.2, 0.25) is 5.91 Å². The largest absolute Gasteiger partial charge is 0.382 e. The average molecular weight is 528 g/mol. The normalized spacial score (nSPS) is 19.4. The summed E-state index contributed by atoms with van der Waals surface area (Å²) in [6.07, 6.45) is 8.46. The quantitative estimate of drug-likeness (QED) is 0.388. The van der Waals surface area contributed by atoms with Crippen molar-refractivity contribution in [2.45, 2.75) is 57.2 Å². The van der Waals surface area contributed by atoms with Crippen molar-refractivity contribution in [3.05, 3.63) is 71.9 Å². The maximum atomic E-state index is 14.3. The van der Waals surface area contributed by atoms with Crippen LogP contribution in [-0.4, -0.2) is 48.7 Å². The Bertz CT molecular complexity index is 1580. The van der Waals surface area contributed by atoms with Crippen LogP contribution in [0.1, 0.15) is 67.2 Å². The molecule has 0 spiro atoms. The Morgan fingerprint density at radius 2 is 1.90 bits per heavy atom. The molecule has 0 radical (unpaired) electrons. The number of hydrogen-bond donors (Lipinski definition) is 2. The molecule has 5 heterocycles. The molecule has 0 aliphatic carbocycles. The van der Waals surface area contributed by atoms with Crippen LogP contribution < -0.4 is 11.1 Å². The van der Waals surface area contributed by atoms with E-state index in [9.17, 15) is 14.0 Å². The van der Waals surface area contributed by atoms with Gasteiger partial charge < -0.3 is 16.0 Å². The van der Waals surface area contributed by atoms with Gasteiger partial charge in [-0.15, -0.1) is 0 Å². The van der Waals surface area contributed by atoms with Gasteiger partial charge >= 0.3 is 0 Å². The molecule has 2 aliphatic rings.